The number of nitriles is 1. The maximum atomic E-state index is 13.5. The molecule has 41 heavy (non-hydrogen) atoms. The number of nitrogens with zero attached hydrogens (tertiary/aromatic N) is 3. The average Bonchev–Trinajstić information content (AvgIpc) is 3.30. The zero-order valence-electron chi connectivity index (χ0n) is 20.9. The van der Waals surface area contributed by atoms with Gasteiger partial charge in [-0.1, -0.05) is 30.3 Å². The molecule has 0 atom stereocenters. The molecule has 2 heterocycles. The van der Waals surface area contributed by atoms with Crippen LogP contribution in [0.4, 0.5) is 26.3 Å². The van der Waals surface area contributed by atoms with Crippen LogP contribution in [0.2, 0.25) is 0 Å². The van der Waals surface area contributed by atoms with Gasteiger partial charge in [0.05, 0.1) is 33.8 Å². The van der Waals surface area contributed by atoms with E-state index in [2.05, 4.69) is 11.1 Å². The third-order valence-electron chi connectivity index (χ3n) is 6.97. The third kappa shape index (κ3) is 4.67. The second-order valence-corrected chi connectivity index (χ2v) is 9.46. The number of alkyl halides is 6. The van der Waals surface area contributed by atoms with Crippen molar-refractivity contribution < 1.29 is 26.3 Å². The Labute approximate surface area is 229 Å². The van der Waals surface area contributed by atoms with Gasteiger partial charge in [0.1, 0.15) is 0 Å². The van der Waals surface area contributed by atoms with Crippen LogP contribution in [0.25, 0.3) is 49.7 Å². The zero-order valence-corrected chi connectivity index (χ0v) is 20.9. The van der Waals surface area contributed by atoms with Crippen LogP contribution < -0.4 is 0 Å². The fraction of sp³-hybridized carbons (Fsp3) is 0.0625. The van der Waals surface area contributed by atoms with Gasteiger partial charge in [-0.15, -0.1) is 0 Å². The summed E-state index contributed by atoms with van der Waals surface area (Å²) in [6, 6.07) is 25.0. The number of rotatable bonds is 3. The van der Waals surface area contributed by atoms with Gasteiger partial charge in [0.25, 0.3) is 0 Å². The minimum Gasteiger partial charge on any atom is -0.309 e. The van der Waals surface area contributed by atoms with Crippen molar-refractivity contribution in [2.24, 2.45) is 0 Å². The molecule has 0 saturated heterocycles. The summed E-state index contributed by atoms with van der Waals surface area (Å²) in [5, 5.41) is 11.3. The van der Waals surface area contributed by atoms with E-state index in [1.54, 1.807) is 48.8 Å². The van der Waals surface area contributed by atoms with Crippen LogP contribution in [0, 0.1) is 11.3 Å². The van der Waals surface area contributed by atoms with Crippen LogP contribution in [0.3, 0.4) is 0 Å². The molecule has 202 valence electrons. The highest BCUT2D eigenvalue weighted by Gasteiger charge is 2.37. The quantitative estimate of drug-likeness (QED) is 0.204. The van der Waals surface area contributed by atoms with Gasteiger partial charge in [0, 0.05) is 28.9 Å². The molecule has 0 spiro atoms. The SMILES string of the molecule is N#Cc1cc(-n2c3ccccc3c3cc(-c4cc(C(F)(F)F)cc(C(F)(F)F)c4)ccc32)ccc1-c1ccncc1. The van der Waals surface area contributed by atoms with Crippen molar-refractivity contribution in [1.82, 2.24) is 9.55 Å². The van der Waals surface area contributed by atoms with Crippen LogP contribution in [-0.2, 0) is 12.4 Å². The first-order valence-electron chi connectivity index (χ1n) is 12.3. The summed E-state index contributed by atoms with van der Waals surface area (Å²) in [5.74, 6) is 0. The lowest BCUT2D eigenvalue weighted by Crippen LogP contribution is -2.11. The van der Waals surface area contributed by atoms with E-state index in [-0.39, 0.29) is 17.2 Å². The first kappa shape index (κ1) is 26.1. The van der Waals surface area contributed by atoms with Gasteiger partial charge in [-0.05, 0) is 82.9 Å². The Hall–Kier alpha value is -5.10. The minimum atomic E-state index is -4.95. The molecule has 0 fully saturated rings. The second-order valence-electron chi connectivity index (χ2n) is 9.46. The Morgan fingerprint density at radius 2 is 1.27 bits per heavy atom. The summed E-state index contributed by atoms with van der Waals surface area (Å²) < 4.78 is 83.0. The molecule has 0 aliphatic heterocycles. The molecule has 0 bridgehead atoms. The van der Waals surface area contributed by atoms with E-state index in [9.17, 15) is 31.6 Å². The van der Waals surface area contributed by atoms with E-state index in [4.69, 9.17) is 0 Å². The molecule has 0 radical (unpaired) electrons. The molecule has 0 saturated carbocycles. The van der Waals surface area contributed by atoms with E-state index < -0.39 is 23.5 Å². The van der Waals surface area contributed by atoms with Gasteiger partial charge >= 0.3 is 12.4 Å². The van der Waals surface area contributed by atoms with Gasteiger partial charge < -0.3 is 4.57 Å². The van der Waals surface area contributed by atoms with Crippen molar-refractivity contribution in [3.8, 4) is 34.0 Å². The Bertz CT molecular complexity index is 1950. The lowest BCUT2D eigenvalue weighted by atomic mass is 9.97. The van der Waals surface area contributed by atoms with Gasteiger partial charge in [0.2, 0.25) is 0 Å². The monoisotopic (exact) mass is 557 g/mol. The van der Waals surface area contributed by atoms with Gasteiger partial charge in [-0.3, -0.25) is 4.98 Å². The highest BCUT2D eigenvalue weighted by atomic mass is 19.4. The number of fused-ring (bicyclic) bond motifs is 3. The van der Waals surface area contributed by atoms with Crippen LogP contribution in [0.1, 0.15) is 16.7 Å². The molecule has 2 aromatic heterocycles. The summed E-state index contributed by atoms with van der Waals surface area (Å²) in [7, 11) is 0. The zero-order chi connectivity index (χ0) is 28.9. The maximum absolute atomic E-state index is 13.5. The number of hydrogen-bond acceptors (Lipinski definition) is 2. The first-order chi connectivity index (χ1) is 19.5. The predicted octanol–water partition coefficient (Wildman–Crippen LogP) is 9.42. The van der Waals surface area contributed by atoms with Gasteiger partial charge in [-0.2, -0.15) is 31.6 Å². The van der Waals surface area contributed by atoms with E-state index in [0.717, 1.165) is 34.2 Å². The number of hydrogen-bond donors (Lipinski definition) is 0. The van der Waals surface area contributed by atoms with Crippen LogP contribution >= 0.6 is 0 Å². The van der Waals surface area contributed by atoms with Crippen molar-refractivity contribution in [2.75, 3.05) is 0 Å². The summed E-state index contributed by atoms with van der Waals surface area (Å²) in [6.45, 7) is 0. The van der Waals surface area contributed by atoms with E-state index in [1.165, 1.54) is 6.07 Å². The Morgan fingerprint density at radius 1 is 0.610 bits per heavy atom. The molecule has 9 heteroatoms. The summed E-state index contributed by atoms with van der Waals surface area (Å²) in [6.07, 6.45) is -6.62. The van der Waals surface area contributed by atoms with Gasteiger partial charge in [0.15, 0.2) is 0 Å². The molecule has 3 nitrogen and oxygen atoms in total. The normalized spacial score (nSPS) is 12.1. The van der Waals surface area contributed by atoms with Crippen molar-refractivity contribution in [3.63, 3.8) is 0 Å². The van der Waals surface area contributed by atoms with Crippen molar-refractivity contribution in [2.45, 2.75) is 12.4 Å². The maximum Gasteiger partial charge on any atom is 0.416 e. The smallest absolute Gasteiger partial charge is 0.309 e. The Balaban J connectivity index is 1.56. The molecule has 0 aliphatic rings. The van der Waals surface area contributed by atoms with Crippen molar-refractivity contribution in [1.29, 1.82) is 5.26 Å². The number of para-hydroxylation sites is 1. The highest BCUT2D eigenvalue weighted by Crippen LogP contribution is 2.41. The fourth-order valence-electron chi connectivity index (χ4n) is 5.10. The van der Waals surface area contributed by atoms with Crippen molar-refractivity contribution >= 4 is 21.8 Å². The lowest BCUT2D eigenvalue weighted by Gasteiger charge is -2.15. The van der Waals surface area contributed by atoms with Crippen LogP contribution in [-0.4, -0.2) is 9.55 Å². The van der Waals surface area contributed by atoms with Gasteiger partial charge in [-0.25, -0.2) is 0 Å². The van der Waals surface area contributed by atoms with E-state index in [0.29, 0.717) is 22.2 Å². The molecule has 0 unspecified atom stereocenters. The van der Waals surface area contributed by atoms with Crippen molar-refractivity contribution in [3.05, 3.63) is 120 Å². The van der Waals surface area contributed by atoms with E-state index >= 15 is 0 Å². The molecule has 0 amide bonds. The summed E-state index contributed by atoms with van der Waals surface area (Å²) >= 11 is 0. The topological polar surface area (TPSA) is 41.6 Å². The molecule has 0 N–H and O–H groups in total. The molecule has 6 rings (SSSR count). The number of benzene rings is 4. The average molecular weight is 557 g/mol. The fourth-order valence-corrected chi connectivity index (χ4v) is 5.10. The third-order valence-corrected chi connectivity index (χ3v) is 6.97. The highest BCUT2D eigenvalue weighted by molar-refractivity contribution is 6.10. The number of pyridine rings is 1. The second kappa shape index (κ2) is 9.52. The number of halogens is 6. The Morgan fingerprint density at radius 3 is 1.93 bits per heavy atom. The standard InChI is InChI=1S/C32H17F6N3/c33-31(34,35)23-13-21(14-24(17-23)32(36,37)38)20-5-8-30-28(16-20)27-3-1-2-4-29(27)41(30)25-6-7-26(22(15-25)18-39)19-9-11-40-12-10-19/h1-17H. The van der Waals surface area contributed by atoms with E-state index in [1.807, 2.05) is 34.9 Å². The molecular weight excluding hydrogens is 540 g/mol. The lowest BCUT2D eigenvalue weighted by molar-refractivity contribution is -0.143. The molecule has 6 aromatic rings. The minimum absolute atomic E-state index is 0.121. The first-order valence-corrected chi connectivity index (χ1v) is 12.3. The number of aromatic nitrogens is 2. The summed E-state index contributed by atoms with van der Waals surface area (Å²) in [4.78, 5) is 4.02. The largest absolute Gasteiger partial charge is 0.416 e. The molecule has 0 aliphatic carbocycles. The predicted molar refractivity (Wildman–Crippen MR) is 144 cm³/mol. The molecular formula is C32H17F6N3. The Kier molecular flexibility index (Phi) is 6.07. The van der Waals surface area contributed by atoms with Crippen LogP contribution in [0.15, 0.2) is 103 Å². The van der Waals surface area contributed by atoms with Crippen LogP contribution in [0.5, 0.6) is 0 Å². The summed E-state index contributed by atoms with van der Waals surface area (Å²) in [5.41, 5.74) is 1.38. The molecule has 4 aromatic carbocycles.